The third-order valence-electron chi connectivity index (χ3n) is 3.64. The molecule has 1 aliphatic heterocycles. The van der Waals surface area contributed by atoms with Crippen molar-refractivity contribution in [3.8, 4) is 0 Å². The van der Waals surface area contributed by atoms with Crippen molar-refractivity contribution in [3.63, 3.8) is 0 Å². The van der Waals surface area contributed by atoms with Gasteiger partial charge in [0.05, 0.1) is 12.6 Å². The van der Waals surface area contributed by atoms with Crippen LogP contribution in [0, 0.1) is 13.8 Å². The minimum atomic E-state index is 0.193. The zero-order valence-electron chi connectivity index (χ0n) is 12.1. The first-order valence-electron chi connectivity index (χ1n) is 6.97. The molecule has 19 heavy (non-hydrogen) atoms. The molecular weight excluding hydrogens is 238 g/mol. The van der Waals surface area contributed by atoms with Gasteiger partial charge in [-0.1, -0.05) is 23.8 Å². The number of carbonyl (C=O) groups is 1. The van der Waals surface area contributed by atoms with Gasteiger partial charge in [0, 0.05) is 18.7 Å². The lowest BCUT2D eigenvalue weighted by atomic mass is 10.0. The molecule has 1 atom stereocenters. The third-order valence-corrected chi connectivity index (χ3v) is 3.64. The Morgan fingerprint density at radius 3 is 2.84 bits per heavy atom. The first kappa shape index (κ1) is 14.2. The zero-order valence-corrected chi connectivity index (χ0v) is 12.1. The summed E-state index contributed by atoms with van der Waals surface area (Å²) in [6, 6.07) is 6.00. The summed E-state index contributed by atoms with van der Waals surface area (Å²) in [5, 5.41) is 0. The number of hydrogen-bond donors (Lipinski definition) is 0. The van der Waals surface area contributed by atoms with E-state index < -0.39 is 0 Å². The summed E-state index contributed by atoms with van der Waals surface area (Å²) in [7, 11) is 1.99. The minimum Gasteiger partial charge on any atom is -0.377 e. The molecule has 1 saturated heterocycles. The number of Topliss-reactive ketones (excluding diaryl/α,β-unsaturated/α-hetero) is 1. The molecule has 2 rings (SSSR count). The molecule has 0 radical (unpaired) electrons. The van der Waals surface area contributed by atoms with Crippen LogP contribution in [-0.4, -0.2) is 43.5 Å². The van der Waals surface area contributed by atoms with Crippen LogP contribution in [0.3, 0.4) is 0 Å². The van der Waals surface area contributed by atoms with Crippen molar-refractivity contribution in [3.05, 3.63) is 34.9 Å². The van der Waals surface area contributed by atoms with Crippen molar-refractivity contribution in [2.45, 2.75) is 32.8 Å². The first-order valence-corrected chi connectivity index (χ1v) is 6.97. The highest BCUT2D eigenvalue weighted by molar-refractivity contribution is 5.98. The monoisotopic (exact) mass is 261 g/mol. The van der Waals surface area contributed by atoms with E-state index >= 15 is 0 Å². The smallest absolute Gasteiger partial charge is 0.177 e. The average Bonchev–Trinajstić information content (AvgIpc) is 2.81. The van der Waals surface area contributed by atoms with Gasteiger partial charge in [0.2, 0.25) is 0 Å². The maximum absolute atomic E-state index is 12.3. The highest BCUT2D eigenvalue weighted by atomic mass is 16.5. The molecule has 3 heteroatoms. The van der Waals surface area contributed by atoms with E-state index in [0.29, 0.717) is 12.6 Å². The number of benzene rings is 1. The molecule has 0 aromatic heterocycles. The van der Waals surface area contributed by atoms with E-state index in [2.05, 4.69) is 11.0 Å². The Labute approximate surface area is 115 Å². The summed E-state index contributed by atoms with van der Waals surface area (Å²) in [6.07, 6.45) is 2.56. The standard InChI is InChI=1S/C16H23NO2/c1-12-6-7-15(13(2)9-12)16(18)11-17(3)10-14-5-4-8-19-14/h6-7,9,14H,4-5,8,10-11H2,1-3H3. The van der Waals surface area contributed by atoms with E-state index in [-0.39, 0.29) is 5.78 Å². The molecule has 1 aromatic rings. The zero-order chi connectivity index (χ0) is 13.8. The third kappa shape index (κ3) is 3.88. The van der Waals surface area contributed by atoms with E-state index in [1.807, 2.05) is 33.0 Å². The lowest BCUT2D eigenvalue weighted by Crippen LogP contribution is -2.33. The number of nitrogens with zero attached hydrogens (tertiary/aromatic N) is 1. The highest BCUT2D eigenvalue weighted by Gasteiger charge is 2.19. The van der Waals surface area contributed by atoms with Crippen molar-refractivity contribution in [1.82, 2.24) is 4.90 Å². The molecule has 3 nitrogen and oxygen atoms in total. The summed E-state index contributed by atoms with van der Waals surface area (Å²) in [6.45, 7) is 6.22. The summed E-state index contributed by atoms with van der Waals surface area (Å²) < 4.78 is 5.60. The lowest BCUT2D eigenvalue weighted by Gasteiger charge is -2.20. The largest absolute Gasteiger partial charge is 0.377 e. The van der Waals surface area contributed by atoms with Gasteiger partial charge < -0.3 is 4.74 Å². The molecule has 0 bridgehead atoms. The van der Waals surface area contributed by atoms with Crippen LogP contribution in [0.5, 0.6) is 0 Å². The topological polar surface area (TPSA) is 29.5 Å². The van der Waals surface area contributed by atoms with Crippen molar-refractivity contribution < 1.29 is 9.53 Å². The van der Waals surface area contributed by atoms with Gasteiger partial charge in [-0.3, -0.25) is 9.69 Å². The number of hydrogen-bond acceptors (Lipinski definition) is 3. The van der Waals surface area contributed by atoms with Crippen LogP contribution in [-0.2, 0) is 4.74 Å². The van der Waals surface area contributed by atoms with Gasteiger partial charge in [-0.25, -0.2) is 0 Å². The van der Waals surface area contributed by atoms with E-state index in [0.717, 1.165) is 37.1 Å². The molecule has 1 unspecified atom stereocenters. The Morgan fingerprint density at radius 2 is 2.21 bits per heavy atom. The molecule has 1 fully saturated rings. The SMILES string of the molecule is Cc1ccc(C(=O)CN(C)CC2CCCO2)c(C)c1. The Kier molecular flexibility index (Phi) is 4.72. The van der Waals surface area contributed by atoms with Gasteiger partial charge in [-0.05, 0) is 39.3 Å². The quantitative estimate of drug-likeness (QED) is 0.763. The molecule has 0 saturated carbocycles. The van der Waals surface area contributed by atoms with Crippen molar-refractivity contribution in [2.24, 2.45) is 0 Å². The Balaban J connectivity index is 1.92. The summed E-state index contributed by atoms with van der Waals surface area (Å²) in [5.41, 5.74) is 3.10. The van der Waals surface area contributed by atoms with Gasteiger partial charge in [0.25, 0.3) is 0 Å². The predicted molar refractivity (Wildman–Crippen MR) is 76.7 cm³/mol. The van der Waals surface area contributed by atoms with E-state index in [1.54, 1.807) is 0 Å². The van der Waals surface area contributed by atoms with Gasteiger partial charge in [0.1, 0.15) is 0 Å². The van der Waals surface area contributed by atoms with E-state index in [9.17, 15) is 4.79 Å². The Morgan fingerprint density at radius 1 is 1.42 bits per heavy atom. The van der Waals surface area contributed by atoms with Crippen molar-refractivity contribution in [1.29, 1.82) is 0 Å². The Hall–Kier alpha value is -1.19. The molecule has 104 valence electrons. The minimum absolute atomic E-state index is 0.193. The van der Waals surface area contributed by atoms with Crippen LogP contribution in [0.4, 0.5) is 0 Å². The molecule has 1 aliphatic rings. The van der Waals surface area contributed by atoms with Gasteiger partial charge in [-0.2, -0.15) is 0 Å². The number of ether oxygens (including phenoxy) is 1. The summed E-state index contributed by atoms with van der Waals surface area (Å²) in [5.74, 6) is 0.193. The second-order valence-electron chi connectivity index (χ2n) is 5.57. The van der Waals surface area contributed by atoms with Crippen LogP contribution in [0.25, 0.3) is 0 Å². The van der Waals surface area contributed by atoms with Gasteiger partial charge >= 0.3 is 0 Å². The van der Waals surface area contributed by atoms with Crippen LogP contribution in [0.15, 0.2) is 18.2 Å². The number of carbonyl (C=O) groups excluding carboxylic acids is 1. The van der Waals surface area contributed by atoms with E-state index in [1.165, 1.54) is 5.56 Å². The fraction of sp³-hybridized carbons (Fsp3) is 0.562. The Bertz CT molecular complexity index is 450. The second-order valence-corrected chi connectivity index (χ2v) is 5.57. The molecule has 0 aliphatic carbocycles. The molecule has 0 amide bonds. The van der Waals surface area contributed by atoms with Crippen LogP contribution in [0.2, 0.25) is 0 Å². The first-order chi connectivity index (χ1) is 9.06. The number of rotatable bonds is 5. The van der Waals surface area contributed by atoms with Crippen molar-refractivity contribution in [2.75, 3.05) is 26.7 Å². The van der Waals surface area contributed by atoms with Crippen molar-refractivity contribution >= 4 is 5.78 Å². The highest BCUT2D eigenvalue weighted by Crippen LogP contribution is 2.14. The number of likely N-dealkylation sites (N-methyl/N-ethyl adjacent to an activating group) is 1. The molecule has 0 spiro atoms. The van der Waals surface area contributed by atoms with Crippen LogP contribution < -0.4 is 0 Å². The van der Waals surface area contributed by atoms with Crippen LogP contribution >= 0.6 is 0 Å². The fourth-order valence-corrected chi connectivity index (χ4v) is 2.66. The van der Waals surface area contributed by atoms with Crippen LogP contribution in [0.1, 0.15) is 34.3 Å². The number of ketones is 1. The molecule has 0 N–H and O–H groups in total. The molecule has 1 aromatic carbocycles. The maximum atomic E-state index is 12.3. The molecule has 1 heterocycles. The van der Waals surface area contributed by atoms with E-state index in [4.69, 9.17) is 4.74 Å². The predicted octanol–water partition coefficient (Wildman–Crippen LogP) is 2.60. The second kappa shape index (κ2) is 6.31. The molecular formula is C16H23NO2. The fourth-order valence-electron chi connectivity index (χ4n) is 2.66. The maximum Gasteiger partial charge on any atom is 0.177 e. The average molecular weight is 261 g/mol. The number of aryl methyl sites for hydroxylation is 2. The summed E-state index contributed by atoms with van der Waals surface area (Å²) >= 11 is 0. The van der Waals surface area contributed by atoms with Gasteiger partial charge in [-0.15, -0.1) is 0 Å². The normalized spacial score (nSPS) is 19.1. The lowest BCUT2D eigenvalue weighted by molar-refractivity contribution is 0.0740. The van der Waals surface area contributed by atoms with Gasteiger partial charge in [0.15, 0.2) is 5.78 Å². The summed E-state index contributed by atoms with van der Waals surface area (Å²) in [4.78, 5) is 14.3.